The molecule has 0 saturated heterocycles. The molecule has 0 heterocycles. The van der Waals surface area contributed by atoms with E-state index in [1.807, 2.05) is 13.8 Å². The summed E-state index contributed by atoms with van der Waals surface area (Å²) in [6.07, 6.45) is 1.24. The SMILES string of the molecule is CCOCCN(CCOCC)C(=O)CCCN. The third kappa shape index (κ3) is 9.09. The molecule has 0 aliphatic rings. The normalized spacial score (nSPS) is 10.5. The van der Waals surface area contributed by atoms with Crippen molar-refractivity contribution in [2.45, 2.75) is 26.7 Å². The van der Waals surface area contributed by atoms with Crippen molar-refractivity contribution in [3.05, 3.63) is 0 Å². The lowest BCUT2D eigenvalue weighted by molar-refractivity contribution is -0.132. The van der Waals surface area contributed by atoms with E-state index in [-0.39, 0.29) is 5.91 Å². The molecule has 102 valence electrons. The molecule has 0 radical (unpaired) electrons. The second kappa shape index (κ2) is 11.8. The first-order valence-electron chi connectivity index (χ1n) is 6.39. The molecule has 0 aliphatic carbocycles. The molecule has 0 aliphatic heterocycles. The molecule has 0 saturated carbocycles. The van der Waals surface area contributed by atoms with E-state index in [4.69, 9.17) is 15.2 Å². The van der Waals surface area contributed by atoms with Crippen LogP contribution in [0.4, 0.5) is 0 Å². The molecule has 0 unspecified atom stereocenters. The van der Waals surface area contributed by atoms with Gasteiger partial charge in [-0.05, 0) is 26.8 Å². The Kier molecular flexibility index (Phi) is 11.4. The molecular formula is C12H26N2O3. The van der Waals surface area contributed by atoms with Gasteiger partial charge in [0.05, 0.1) is 13.2 Å². The van der Waals surface area contributed by atoms with E-state index in [0.717, 1.165) is 6.42 Å². The molecule has 0 aromatic heterocycles. The van der Waals surface area contributed by atoms with Crippen LogP contribution in [0.3, 0.4) is 0 Å². The Morgan fingerprint density at radius 2 is 1.65 bits per heavy atom. The number of carbonyl (C=O) groups is 1. The standard InChI is InChI=1S/C12H26N2O3/c1-3-16-10-8-14(9-11-17-4-2)12(15)6-5-7-13/h3-11,13H2,1-2H3. The van der Waals surface area contributed by atoms with Crippen LogP contribution in [0.15, 0.2) is 0 Å². The smallest absolute Gasteiger partial charge is 0.222 e. The monoisotopic (exact) mass is 246 g/mol. The Labute approximate surface area is 104 Å². The fourth-order valence-corrected chi connectivity index (χ4v) is 1.41. The highest BCUT2D eigenvalue weighted by Crippen LogP contribution is 1.98. The maximum absolute atomic E-state index is 11.8. The van der Waals surface area contributed by atoms with Crippen LogP contribution in [0.25, 0.3) is 0 Å². The number of hydrogen-bond donors (Lipinski definition) is 1. The Morgan fingerprint density at radius 3 is 2.06 bits per heavy atom. The predicted octanol–water partition coefficient (Wildman–Crippen LogP) is 0.627. The molecule has 0 aromatic carbocycles. The molecule has 0 atom stereocenters. The largest absolute Gasteiger partial charge is 0.380 e. The highest BCUT2D eigenvalue weighted by atomic mass is 16.5. The quantitative estimate of drug-likeness (QED) is 0.543. The number of carbonyl (C=O) groups excluding carboxylic acids is 1. The second-order valence-electron chi connectivity index (χ2n) is 3.67. The van der Waals surface area contributed by atoms with Gasteiger partial charge in [0, 0.05) is 32.7 Å². The third-order valence-electron chi connectivity index (χ3n) is 2.37. The van der Waals surface area contributed by atoms with Crippen LogP contribution in [0.2, 0.25) is 0 Å². The van der Waals surface area contributed by atoms with Crippen molar-refractivity contribution in [2.75, 3.05) is 46.1 Å². The van der Waals surface area contributed by atoms with E-state index in [1.165, 1.54) is 0 Å². The summed E-state index contributed by atoms with van der Waals surface area (Å²) < 4.78 is 10.5. The van der Waals surface area contributed by atoms with Gasteiger partial charge in [-0.2, -0.15) is 0 Å². The first-order valence-corrected chi connectivity index (χ1v) is 6.39. The zero-order valence-electron chi connectivity index (χ0n) is 11.1. The van der Waals surface area contributed by atoms with Gasteiger partial charge in [-0.25, -0.2) is 0 Å². The van der Waals surface area contributed by atoms with Crippen molar-refractivity contribution >= 4 is 5.91 Å². The molecule has 2 N–H and O–H groups in total. The van der Waals surface area contributed by atoms with Crippen LogP contribution >= 0.6 is 0 Å². The molecule has 5 heteroatoms. The van der Waals surface area contributed by atoms with Gasteiger partial charge < -0.3 is 20.1 Å². The summed E-state index contributed by atoms with van der Waals surface area (Å²) in [5.41, 5.74) is 5.40. The van der Waals surface area contributed by atoms with Gasteiger partial charge in [-0.15, -0.1) is 0 Å². The lowest BCUT2D eigenvalue weighted by atomic mass is 10.2. The van der Waals surface area contributed by atoms with Gasteiger partial charge in [0.15, 0.2) is 0 Å². The Hall–Kier alpha value is -0.650. The van der Waals surface area contributed by atoms with E-state index < -0.39 is 0 Å². The van der Waals surface area contributed by atoms with E-state index in [0.29, 0.717) is 52.5 Å². The lowest BCUT2D eigenvalue weighted by Gasteiger charge is -2.22. The van der Waals surface area contributed by atoms with E-state index >= 15 is 0 Å². The maximum Gasteiger partial charge on any atom is 0.222 e. The molecule has 0 rings (SSSR count). The molecule has 0 fully saturated rings. The zero-order chi connectivity index (χ0) is 12.9. The maximum atomic E-state index is 11.8. The van der Waals surface area contributed by atoms with Gasteiger partial charge in [0.2, 0.25) is 5.91 Å². The predicted molar refractivity (Wildman–Crippen MR) is 67.9 cm³/mol. The average molecular weight is 246 g/mol. The summed E-state index contributed by atoms with van der Waals surface area (Å²) in [7, 11) is 0. The minimum absolute atomic E-state index is 0.134. The molecule has 17 heavy (non-hydrogen) atoms. The first kappa shape index (κ1) is 16.4. The van der Waals surface area contributed by atoms with Gasteiger partial charge in [0.1, 0.15) is 0 Å². The summed E-state index contributed by atoms with van der Waals surface area (Å²) >= 11 is 0. The summed E-state index contributed by atoms with van der Waals surface area (Å²) in [5, 5.41) is 0. The highest BCUT2D eigenvalue weighted by Gasteiger charge is 2.12. The number of ether oxygens (including phenoxy) is 2. The zero-order valence-corrected chi connectivity index (χ0v) is 11.1. The van der Waals surface area contributed by atoms with Crippen LogP contribution in [0.5, 0.6) is 0 Å². The molecule has 0 bridgehead atoms. The van der Waals surface area contributed by atoms with E-state index in [2.05, 4.69) is 0 Å². The fraction of sp³-hybridized carbons (Fsp3) is 0.917. The van der Waals surface area contributed by atoms with Crippen LogP contribution < -0.4 is 5.73 Å². The lowest BCUT2D eigenvalue weighted by Crippen LogP contribution is -2.36. The Morgan fingerprint density at radius 1 is 1.12 bits per heavy atom. The minimum Gasteiger partial charge on any atom is -0.380 e. The van der Waals surface area contributed by atoms with Crippen molar-refractivity contribution in [3.63, 3.8) is 0 Å². The Bertz CT molecular complexity index is 179. The van der Waals surface area contributed by atoms with Crippen molar-refractivity contribution in [2.24, 2.45) is 5.73 Å². The van der Waals surface area contributed by atoms with Crippen LogP contribution in [0, 0.1) is 0 Å². The summed E-state index contributed by atoms with van der Waals surface area (Å²) in [6.45, 7) is 8.22. The second-order valence-corrected chi connectivity index (χ2v) is 3.67. The third-order valence-corrected chi connectivity index (χ3v) is 2.37. The van der Waals surface area contributed by atoms with Crippen molar-refractivity contribution < 1.29 is 14.3 Å². The minimum atomic E-state index is 0.134. The van der Waals surface area contributed by atoms with Gasteiger partial charge in [-0.1, -0.05) is 0 Å². The fourth-order valence-electron chi connectivity index (χ4n) is 1.41. The van der Waals surface area contributed by atoms with Crippen LogP contribution in [-0.2, 0) is 14.3 Å². The van der Waals surface area contributed by atoms with Crippen molar-refractivity contribution in [1.29, 1.82) is 0 Å². The molecule has 1 amide bonds. The highest BCUT2D eigenvalue weighted by molar-refractivity contribution is 5.76. The van der Waals surface area contributed by atoms with Crippen LogP contribution in [-0.4, -0.2) is 56.9 Å². The molecular weight excluding hydrogens is 220 g/mol. The summed E-state index contributed by atoms with van der Waals surface area (Å²) in [6, 6.07) is 0. The van der Waals surface area contributed by atoms with Crippen molar-refractivity contribution in [3.8, 4) is 0 Å². The summed E-state index contributed by atoms with van der Waals surface area (Å²) in [4.78, 5) is 13.6. The van der Waals surface area contributed by atoms with Crippen molar-refractivity contribution in [1.82, 2.24) is 4.90 Å². The van der Waals surface area contributed by atoms with E-state index in [1.54, 1.807) is 4.90 Å². The number of nitrogens with zero attached hydrogens (tertiary/aromatic N) is 1. The topological polar surface area (TPSA) is 64.8 Å². The Balaban J connectivity index is 3.94. The molecule has 0 spiro atoms. The number of nitrogens with two attached hydrogens (primary N) is 1. The number of hydrogen-bond acceptors (Lipinski definition) is 4. The number of amides is 1. The summed E-state index contributed by atoms with van der Waals surface area (Å²) in [5.74, 6) is 0.134. The van der Waals surface area contributed by atoms with Gasteiger partial charge in [0.25, 0.3) is 0 Å². The van der Waals surface area contributed by atoms with Gasteiger partial charge >= 0.3 is 0 Å². The first-order chi connectivity index (χ1) is 8.26. The van der Waals surface area contributed by atoms with Gasteiger partial charge in [-0.3, -0.25) is 4.79 Å². The molecule has 0 aromatic rings. The number of rotatable bonds is 11. The molecule has 5 nitrogen and oxygen atoms in total. The van der Waals surface area contributed by atoms with Crippen LogP contribution in [0.1, 0.15) is 26.7 Å². The van der Waals surface area contributed by atoms with E-state index in [9.17, 15) is 4.79 Å². The average Bonchev–Trinajstić information content (AvgIpc) is 2.34.